The minimum atomic E-state index is 0.367. The maximum Gasteiger partial charge on any atom is 0.128 e. The van der Waals surface area contributed by atoms with Gasteiger partial charge in [0.1, 0.15) is 11.6 Å². The highest BCUT2D eigenvalue weighted by atomic mass is 35.5. The van der Waals surface area contributed by atoms with Gasteiger partial charge in [0.15, 0.2) is 0 Å². The molecule has 0 spiro atoms. The van der Waals surface area contributed by atoms with Crippen molar-refractivity contribution in [2.24, 2.45) is 0 Å². The first kappa shape index (κ1) is 10.1. The quantitative estimate of drug-likeness (QED) is 0.795. The largest absolute Gasteiger partial charge is 0.497 e. The Kier molecular flexibility index (Phi) is 2.64. The molecule has 0 bridgehead atoms. The van der Waals surface area contributed by atoms with E-state index in [0.29, 0.717) is 11.7 Å². The van der Waals surface area contributed by atoms with Crippen LogP contribution in [0.1, 0.15) is 5.56 Å². The van der Waals surface area contributed by atoms with Gasteiger partial charge in [-0.1, -0.05) is 0 Å². The number of alkyl halides is 1. The van der Waals surface area contributed by atoms with E-state index in [0.717, 1.165) is 22.2 Å². The summed E-state index contributed by atoms with van der Waals surface area (Å²) in [6.45, 7) is 0. The summed E-state index contributed by atoms with van der Waals surface area (Å²) >= 11 is 5.75. The van der Waals surface area contributed by atoms with Crippen LogP contribution in [0.25, 0.3) is 10.9 Å². The van der Waals surface area contributed by atoms with Crippen LogP contribution >= 0.6 is 11.6 Å². The number of hydrogen-bond acceptors (Lipinski definition) is 3. The molecule has 15 heavy (non-hydrogen) atoms. The molecule has 0 amide bonds. The maximum absolute atomic E-state index is 5.75. The molecule has 0 aliphatic rings. The van der Waals surface area contributed by atoms with Crippen molar-refractivity contribution in [2.45, 2.75) is 5.88 Å². The summed E-state index contributed by atoms with van der Waals surface area (Å²) < 4.78 is 5.13. The monoisotopic (exact) mass is 222 g/mol. The molecule has 0 aliphatic heterocycles. The number of nitrogens with zero attached hydrogens (tertiary/aromatic N) is 1. The van der Waals surface area contributed by atoms with Crippen molar-refractivity contribution in [2.75, 3.05) is 12.8 Å². The minimum Gasteiger partial charge on any atom is -0.497 e. The van der Waals surface area contributed by atoms with Crippen LogP contribution in [0.15, 0.2) is 24.3 Å². The number of anilines is 1. The van der Waals surface area contributed by atoms with Gasteiger partial charge in [0.2, 0.25) is 0 Å². The number of halogens is 1. The lowest BCUT2D eigenvalue weighted by Crippen LogP contribution is -1.96. The number of nitrogen functional groups attached to an aromatic ring is 1. The number of nitrogens with two attached hydrogens (primary N) is 1. The molecule has 0 radical (unpaired) electrons. The Labute approximate surface area is 92.8 Å². The Morgan fingerprint density at radius 2 is 2.20 bits per heavy atom. The van der Waals surface area contributed by atoms with Gasteiger partial charge in [-0.3, -0.25) is 0 Å². The van der Waals surface area contributed by atoms with E-state index >= 15 is 0 Å². The number of pyridine rings is 1. The summed E-state index contributed by atoms with van der Waals surface area (Å²) in [6, 6.07) is 7.59. The van der Waals surface area contributed by atoms with Gasteiger partial charge in [-0.15, -0.1) is 11.6 Å². The summed E-state index contributed by atoms with van der Waals surface area (Å²) in [5, 5.41) is 0.985. The summed E-state index contributed by atoms with van der Waals surface area (Å²) in [5.74, 6) is 1.66. The molecule has 0 unspecified atom stereocenters. The third-order valence-electron chi connectivity index (χ3n) is 2.28. The van der Waals surface area contributed by atoms with Gasteiger partial charge in [-0.25, -0.2) is 4.98 Å². The van der Waals surface area contributed by atoms with Gasteiger partial charge in [-0.05, 0) is 24.3 Å². The van der Waals surface area contributed by atoms with Crippen LogP contribution in [0.3, 0.4) is 0 Å². The fourth-order valence-corrected chi connectivity index (χ4v) is 1.66. The maximum atomic E-state index is 5.75. The molecule has 1 aromatic heterocycles. The second-order valence-electron chi connectivity index (χ2n) is 3.22. The van der Waals surface area contributed by atoms with Gasteiger partial charge >= 0.3 is 0 Å². The topological polar surface area (TPSA) is 48.1 Å². The Morgan fingerprint density at radius 1 is 1.40 bits per heavy atom. The molecule has 1 heterocycles. The van der Waals surface area contributed by atoms with Crippen LogP contribution in [-0.2, 0) is 5.88 Å². The Bertz CT molecular complexity index is 499. The zero-order valence-electron chi connectivity index (χ0n) is 8.33. The van der Waals surface area contributed by atoms with Crippen LogP contribution in [0.5, 0.6) is 5.75 Å². The number of fused-ring (bicyclic) bond motifs is 1. The summed E-state index contributed by atoms with van der Waals surface area (Å²) in [5.41, 5.74) is 7.43. The minimum absolute atomic E-state index is 0.367. The number of hydrogen-bond donors (Lipinski definition) is 1. The molecule has 2 N–H and O–H groups in total. The number of ether oxygens (including phenoxy) is 1. The molecule has 78 valence electrons. The summed E-state index contributed by atoms with van der Waals surface area (Å²) in [7, 11) is 1.63. The van der Waals surface area contributed by atoms with E-state index in [1.807, 2.05) is 24.3 Å². The SMILES string of the molecule is COc1ccc2nc(N)c(CCl)cc2c1. The molecule has 1 aromatic carbocycles. The standard InChI is InChI=1S/C11H11ClN2O/c1-15-9-2-3-10-7(5-9)4-8(6-12)11(13)14-10/h2-5H,6H2,1H3,(H2,13,14). The van der Waals surface area contributed by atoms with Crippen LogP contribution in [0, 0.1) is 0 Å². The van der Waals surface area contributed by atoms with Crippen molar-refractivity contribution in [3.8, 4) is 5.75 Å². The number of rotatable bonds is 2. The third-order valence-corrected chi connectivity index (χ3v) is 2.57. The van der Waals surface area contributed by atoms with Crippen LogP contribution in [0.4, 0.5) is 5.82 Å². The van der Waals surface area contributed by atoms with Crippen LogP contribution in [-0.4, -0.2) is 12.1 Å². The average molecular weight is 223 g/mol. The highest BCUT2D eigenvalue weighted by molar-refractivity contribution is 6.17. The van der Waals surface area contributed by atoms with Crippen molar-refractivity contribution < 1.29 is 4.74 Å². The van der Waals surface area contributed by atoms with E-state index in [4.69, 9.17) is 22.1 Å². The first-order valence-electron chi connectivity index (χ1n) is 4.53. The predicted octanol–water partition coefficient (Wildman–Crippen LogP) is 2.56. The second-order valence-corrected chi connectivity index (χ2v) is 3.49. The third kappa shape index (κ3) is 1.83. The van der Waals surface area contributed by atoms with Gasteiger partial charge in [-0.2, -0.15) is 0 Å². The van der Waals surface area contributed by atoms with Crippen LogP contribution < -0.4 is 10.5 Å². The smallest absolute Gasteiger partial charge is 0.128 e. The lowest BCUT2D eigenvalue weighted by molar-refractivity contribution is 0.415. The molecule has 0 aliphatic carbocycles. The molecule has 2 aromatic rings. The van der Waals surface area contributed by atoms with E-state index in [1.54, 1.807) is 7.11 Å². The molecule has 0 saturated heterocycles. The van der Waals surface area contributed by atoms with E-state index in [-0.39, 0.29) is 0 Å². The van der Waals surface area contributed by atoms with Crippen molar-refractivity contribution in [1.82, 2.24) is 4.98 Å². The highest BCUT2D eigenvalue weighted by Gasteiger charge is 2.03. The molecular formula is C11H11ClN2O. The first-order valence-corrected chi connectivity index (χ1v) is 5.07. The molecule has 0 saturated carbocycles. The molecule has 0 fully saturated rings. The fraction of sp³-hybridized carbons (Fsp3) is 0.182. The van der Waals surface area contributed by atoms with Crippen LogP contribution in [0.2, 0.25) is 0 Å². The Morgan fingerprint density at radius 3 is 2.87 bits per heavy atom. The van der Waals surface area contributed by atoms with E-state index < -0.39 is 0 Å². The molecule has 2 rings (SSSR count). The number of aromatic nitrogens is 1. The van der Waals surface area contributed by atoms with Crippen molar-refractivity contribution in [3.05, 3.63) is 29.8 Å². The Balaban J connectivity index is 2.66. The fourth-order valence-electron chi connectivity index (χ4n) is 1.45. The van der Waals surface area contributed by atoms with Gasteiger partial charge < -0.3 is 10.5 Å². The number of benzene rings is 1. The zero-order valence-corrected chi connectivity index (χ0v) is 9.08. The normalized spacial score (nSPS) is 10.5. The lowest BCUT2D eigenvalue weighted by atomic mass is 10.1. The molecule has 3 nitrogen and oxygen atoms in total. The molecule has 4 heteroatoms. The van der Waals surface area contributed by atoms with Crippen molar-refractivity contribution in [1.29, 1.82) is 0 Å². The van der Waals surface area contributed by atoms with Gasteiger partial charge in [0, 0.05) is 10.9 Å². The second kappa shape index (κ2) is 3.95. The van der Waals surface area contributed by atoms with E-state index in [1.165, 1.54) is 0 Å². The summed E-state index contributed by atoms with van der Waals surface area (Å²) in [6.07, 6.45) is 0. The van der Waals surface area contributed by atoms with Crippen molar-refractivity contribution in [3.63, 3.8) is 0 Å². The predicted molar refractivity (Wildman–Crippen MR) is 62.3 cm³/mol. The lowest BCUT2D eigenvalue weighted by Gasteiger charge is -2.05. The van der Waals surface area contributed by atoms with E-state index in [9.17, 15) is 0 Å². The average Bonchev–Trinajstić information content (AvgIpc) is 2.27. The van der Waals surface area contributed by atoms with Gasteiger partial charge in [0.05, 0.1) is 18.5 Å². The zero-order chi connectivity index (χ0) is 10.8. The highest BCUT2D eigenvalue weighted by Crippen LogP contribution is 2.23. The molecular weight excluding hydrogens is 212 g/mol. The van der Waals surface area contributed by atoms with E-state index in [2.05, 4.69) is 4.98 Å². The Hall–Kier alpha value is -1.48. The number of methoxy groups -OCH3 is 1. The van der Waals surface area contributed by atoms with Crippen molar-refractivity contribution >= 4 is 28.3 Å². The first-order chi connectivity index (χ1) is 7.24. The van der Waals surface area contributed by atoms with Gasteiger partial charge in [0.25, 0.3) is 0 Å². The summed E-state index contributed by atoms with van der Waals surface area (Å²) in [4.78, 5) is 4.26. The molecule has 0 atom stereocenters.